The number of esters is 1. The van der Waals surface area contributed by atoms with Crippen LogP contribution in [-0.4, -0.2) is 47.3 Å². The Morgan fingerprint density at radius 3 is 2.35 bits per heavy atom. The molecule has 1 aliphatic carbocycles. The van der Waals surface area contributed by atoms with Crippen molar-refractivity contribution in [1.82, 2.24) is 4.90 Å². The molecule has 0 bridgehead atoms. The molecular weight excluding hydrogens is 332 g/mol. The van der Waals surface area contributed by atoms with E-state index in [1.165, 1.54) is 0 Å². The molecule has 3 N–H and O–H groups in total. The Bertz CT molecular complexity index is 480. The molecule has 1 fully saturated rings. The average molecular weight is 371 g/mol. The van der Waals surface area contributed by atoms with Gasteiger partial charge in [0.05, 0.1) is 6.61 Å². The molecule has 6 heteroatoms. The van der Waals surface area contributed by atoms with Crippen molar-refractivity contribution in [3.05, 3.63) is 0 Å². The van der Waals surface area contributed by atoms with E-state index in [4.69, 9.17) is 10.5 Å². The second-order valence-electron chi connectivity index (χ2n) is 8.89. The number of carbonyl (C=O) groups excluding carboxylic acids is 1. The van der Waals surface area contributed by atoms with E-state index in [1.807, 2.05) is 13.8 Å². The highest BCUT2D eigenvalue weighted by atomic mass is 16.5. The van der Waals surface area contributed by atoms with Gasteiger partial charge in [-0.1, -0.05) is 47.5 Å². The zero-order chi connectivity index (χ0) is 20.0. The van der Waals surface area contributed by atoms with Crippen molar-refractivity contribution in [2.75, 3.05) is 13.2 Å². The quantitative estimate of drug-likeness (QED) is 0.472. The molecule has 0 heterocycles. The summed E-state index contributed by atoms with van der Waals surface area (Å²) in [5, 5.41) is 9.69. The Balaban J connectivity index is 2.95. The average Bonchev–Trinajstić information content (AvgIpc) is 2.52. The number of nitrogens with two attached hydrogens (primary N) is 1. The predicted octanol–water partition coefficient (Wildman–Crippen LogP) is 4.02. The van der Waals surface area contributed by atoms with Gasteiger partial charge in [0.2, 0.25) is 0 Å². The number of ether oxygens (including phenoxy) is 1. The first-order valence-corrected chi connectivity index (χ1v) is 9.98. The van der Waals surface area contributed by atoms with Crippen LogP contribution in [0.3, 0.4) is 0 Å². The summed E-state index contributed by atoms with van der Waals surface area (Å²) >= 11 is 0. The van der Waals surface area contributed by atoms with Gasteiger partial charge in [0.15, 0.2) is 0 Å². The second-order valence-corrected chi connectivity index (χ2v) is 8.89. The first kappa shape index (κ1) is 22.7. The number of rotatable bonds is 9. The van der Waals surface area contributed by atoms with Crippen molar-refractivity contribution in [3.8, 4) is 0 Å². The number of carbonyl (C=O) groups is 2. The van der Waals surface area contributed by atoms with Crippen LogP contribution in [-0.2, 0) is 9.53 Å². The highest BCUT2D eigenvalue weighted by Crippen LogP contribution is 2.49. The van der Waals surface area contributed by atoms with E-state index < -0.39 is 17.6 Å². The molecule has 6 nitrogen and oxygen atoms in total. The summed E-state index contributed by atoms with van der Waals surface area (Å²) in [6.07, 6.45) is 4.84. The van der Waals surface area contributed by atoms with Crippen LogP contribution in [0.1, 0.15) is 79.6 Å². The molecule has 3 unspecified atom stereocenters. The van der Waals surface area contributed by atoms with Crippen LogP contribution < -0.4 is 5.73 Å². The number of unbranched alkanes of at least 4 members (excludes halogenated alkanes) is 2. The third-order valence-corrected chi connectivity index (χ3v) is 5.56. The summed E-state index contributed by atoms with van der Waals surface area (Å²) in [5.74, 6) is -0.368. The highest BCUT2D eigenvalue weighted by molar-refractivity contribution is 5.76. The molecule has 1 aliphatic rings. The van der Waals surface area contributed by atoms with Gasteiger partial charge in [-0.2, -0.15) is 0 Å². The van der Waals surface area contributed by atoms with E-state index in [-0.39, 0.29) is 17.4 Å². The number of hydrogen-bond donors (Lipinski definition) is 2. The van der Waals surface area contributed by atoms with Gasteiger partial charge in [-0.3, -0.25) is 4.79 Å². The van der Waals surface area contributed by atoms with Gasteiger partial charge in [-0.15, -0.1) is 0 Å². The minimum Gasteiger partial charge on any atom is -0.465 e. The number of carboxylic acid groups (broad SMARTS) is 1. The first-order chi connectivity index (χ1) is 12.1. The van der Waals surface area contributed by atoms with Crippen molar-refractivity contribution in [1.29, 1.82) is 0 Å². The van der Waals surface area contributed by atoms with Crippen molar-refractivity contribution in [3.63, 3.8) is 0 Å². The second kappa shape index (κ2) is 9.58. The Kier molecular flexibility index (Phi) is 8.38. The molecule has 1 amide bonds. The fourth-order valence-corrected chi connectivity index (χ4v) is 4.40. The molecule has 0 saturated heterocycles. The fraction of sp³-hybridized carbons (Fsp3) is 0.900. The van der Waals surface area contributed by atoms with Crippen LogP contribution in [0.15, 0.2) is 0 Å². The Morgan fingerprint density at radius 2 is 1.81 bits per heavy atom. The third kappa shape index (κ3) is 6.15. The maximum atomic E-state index is 12.4. The molecule has 0 aromatic rings. The zero-order valence-corrected chi connectivity index (χ0v) is 17.2. The summed E-state index contributed by atoms with van der Waals surface area (Å²) in [6, 6.07) is -0.856. The van der Waals surface area contributed by atoms with E-state index in [0.717, 1.165) is 38.5 Å². The lowest BCUT2D eigenvalue weighted by Gasteiger charge is -2.50. The Labute approximate surface area is 158 Å². The van der Waals surface area contributed by atoms with E-state index in [1.54, 1.807) is 4.90 Å². The van der Waals surface area contributed by atoms with Crippen LogP contribution in [0.25, 0.3) is 0 Å². The van der Waals surface area contributed by atoms with Crippen molar-refractivity contribution < 1.29 is 19.4 Å². The lowest BCUT2D eigenvalue weighted by Crippen LogP contribution is -2.56. The van der Waals surface area contributed by atoms with Crippen LogP contribution >= 0.6 is 0 Å². The lowest BCUT2D eigenvalue weighted by atomic mass is 9.59. The largest absolute Gasteiger partial charge is 0.465 e. The van der Waals surface area contributed by atoms with Gasteiger partial charge >= 0.3 is 12.1 Å². The van der Waals surface area contributed by atoms with Gasteiger partial charge in [-0.25, -0.2) is 4.79 Å². The molecule has 0 spiro atoms. The van der Waals surface area contributed by atoms with E-state index >= 15 is 0 Å². The molecule has 152 valence electrons. The summed E-state index contributed by atoms with van der Waals surface area (Å²) in [4.78, 5) is 25.8. The van der Waals surface area contributed by atoms with E-state index in [9.17, 15) is 14.7 Å². The van der Waals surface area contributed by atoms with Gasteiger partial charge in [0.25, 0.3) is 0 Å². The van der Waals surface area contributed by atoms with Gasteiger partial charge in [0.1, 0.15) is 6.04 Å². The van der Waals surface area contributed by atoms with Crippen molar-refractivity contribution in [2.45, 2.75) is 91.6 Å². The van der Waals surface area contributed by atoms with Crippen LogP contribution in [0, 0.1) is 10.8 Å². The monoisotopic (exact) mass is 370 g/mol. The molecular formula is C20H38N2O4. The topological polar surface area (TPSA) is 92.9 Å². The number of hydrogen-bond acceptors (Lipinski definition) is 4. The van der Waals surface area contributed by atoms with Crippen molar-refractivity contribution in [2.24, 2.45) is 16.6 Å². The minimum absolute atomic E-state index is 0.0844. The summed E-state index contributed by atoms with van der Waals surface area (Å²) < 4.78 is 5.35. The van der Waals surface area contributed by atoms with Gasteiger partial charge < -0.3 is 20.5 Å². The normalized spacial score (nSPS) is 26.2. The molecule has 0 radical (unpaired) electrons. The molecule has 0 aromatic heterocycles. The summed E-state index contributed by atoms with van der Waals surface area (Å²) in [7, 11) is 0. The maximum Gasteiger partial charge on any atom is 0.407 e. The number of nitrogens with zero attached hydrogens (tertiary/aromatic N) is 1. The highest BCUT2D eigenvalue weighted by Gasteiger charge is 2.49. The van der Waals surface area contributed by atoms with Crippen LogP contribution in [0.5, 0.6) is 0 Å². The van der Waals surface area contributed by atoms with Crippen molar-refractivity contribution >= 4 is 12.1 Å². The Hall–Kier alpha value is -1.30. The molecule has 0 aromatic carbocycles. The molecule has 1 saturated carbocycles. The standard InChI is InChI=1S/C20H38N2O4/c1-6-8-10-22(18(24)25)15-12-19(3,4)14-20(5,13-15)16(21)17(23)26-11-9-7-2/h15-16H,6-14,21H2,1-5H3,(H,24,25). The van der Waals surface area contributed by atoms with Crippen LogP contribution in [0.2, 0.25) is 0 Å². The SMILES string of the molecule is CCCCOC(=O)C(N)C1(C)CC(N(CCCC)C(=O)O)CC(C)(C)C1. The summed E-state index contributed by atoms with van der Waals surface area (Å²) in [5.41, 5.74) is 5.77. The minimum atomic E-state index is -0.886. The fourth-order valence-electron chi connectivity index (χ4n) is 4.40. The maximum absolute atomic E-state index is 12.4. The van der Waals surface area contributed by atoms with E-state index in [2.05, 4.69) is 20.8 Å². The molecule has 3 atom stereocenters. The van der Waals surface area contributed by atoms with Crippen LogP contribution in [0.4, 0.5) is 4.79 Å². The zero-order valence-electron chi connectivity index (χ0n) is 17.2. The lowest BCUT2D eigenvalue weighted by molar-refractivity contribution is -0.150. The summed E-state index contributed by atoms with van der Waals surface area (Å²) in [6.45, 7) is 11.3. The molecule has 1 rings (SSSR count). The predicted molar refractivity (Wildman–Crippen MR) is 103 cm³/mol. The van der Waals surface area contributed by atoms with E-state index in [0.29, 0.717) is 19.6 Å². The Morgan fingerprint density at radius 1 is 1.19 bits per heavy atom. The molecule has 26 heavy (non-hydrogen) atoms. The first-order valence-electron chi connectivity index (χ1n) is 9.98. The number of amides is 1. The van der Waals surface area contributed by atoms with Gasteiger partial charge in [-0.05, 0) is 42.9 Å². The smallest absolute Gasteiger partial charge is 0.407 e. The molecule has 0 aliphatic heterocycles. The third-order valence-electron chi connectivity index (χ3n) is 5.56. The van der Waals surface area contributed by atoms with Gasteiger partial charge in [0, 0.05) is 12.6 Å².